The summed E-state index contributed by atoms with van der Waals surface area (Å²) >= 11 is 0. The molecule has 0 saturated carbocycles. The van der Waals surface area contributed by atoms with Gasteiger partial charge in [-0.3, -0.25) is 4.90 Å². The second kappa shape index (κ2) is 7.38. The van der Waals surface area contributed by atoms with Crippen LogP contribution in [0.4, 0.5) is 18.9 Å². The number of benzene rings is 1. The lowest BCUT2D eigenvalue weighted by Crippen LogP contribution is -2.34. The normalized spacial score (nSPS) is 11.9. The molecule has 0 saturated heterocycles. The zero-order chi connectivity index (χ0) is 15.2. The van der Waals surface area contributed by atoms with Crippen LogP contribution in [-0.2, 0) is 6.54 Å². The molecule has 1 rings (SSSR count). The minimum atomic E-state index is -4.21. The smallest absolute Gasteiger partial charge is 0.401 e. The van der Waals surface area contributed by atoms with Crippen molar-refractivity contribution in [1.29, 1.82) is 0 Å². The standard InChI is InChI=1S/C14H21F3N2O/c1-3-7-19(10-14(15,16)17)9-11-8-12(18)5-6-13(11)20-4-2/h5-6,8H,3-4,7,9-10,18H2,1-2H3. The summed E-state index contributed by atoms with van der Waals surface area (Å²) in [4.78, 5) is 1.36. The maximum atomic E-state index is 12.6. The molecule has 0 radical (unpaired) electrons. The fourth-order valence-corrected chi connectivity index (χ4v) is 2.04. The molecule has 6 heteroatoms. The molecule has 3 nitrogen and oxygen atoms in total. The van der Waals surface area contributed by atoms with Crippen LogP contribution in [0.25, 0.3) is 0 Å². The molecule has 0 aliphatic heterocycles. The summed E-state index contributed by atoms with van der Waals surface area (Å²) in [5.41, 5.74) is 6.91. The number of nitrogen functional groups attached to an aromatic ring is 1. The van der Waals surface area contributed by atoms with Gasteiger partial charge in [-0.1, -0.05) is 6.92 Å². The molecule has 0 spiro atoms. The van der Waals surface area contributed by atoms with E-state index in [0.29, 0.717) is 36.6 Å². The van der Waals surface area contributed by atoms with Crippen molar-refractivity contribution in [3.05, 3.63) is 23.8 Å². The highest BCUT2D eigenvalue weighted by Gasteiger charge is 2.30. The van der Waals surface area contributed by atoms with Crippen molar-refractivity contribution >= 4 is 5.69 Å². The highest BCUT2D eigenvalue weighted by molar-refractivity contribution is 5.47. The molecule has 20 heavy (non-hydrogen) atoms. The minimum Gasteiger partial charge on any atom is -0.494 e. The van der Waals surface area contributed by atoms with Gasteiger partial charge >= 0.3 is 6.18 Å². The summed E-state index contributed by atoms with van der Waals surface area (Å²) in [6.07, 6.45) is -3.55. The molecule has 2 N–H and O–H groups in total. The van der Waals surface area contributed by atoms with Crippen LogP contribution >= 0.6 is 0 Å². The Morgan fingerprint density at radius 3 is 2.50 bits per heavy atom. The van der Waals surface area contributed by atoms with E-state index in [9.17, 15) is 13.2 Å². The Hall–Kier alpha value is -1.43. The monoisotopic (exact) mass is 290 g/mol. The molecule has 0 aliphatic carbocycles. The zero-order valence-electron chi connectivity index (χ0n) is 11.8. The molecule has 0 aromatic heterocycles. The van der Waals surface area contributed by atoms with Crippen molar-refractivity contribution in [2.24, 2.45) is 0 Å². The third-order valence-corrected chi connectivity index (χ3v) is 2.72. The lowest BCUT2D eigenvalue weighted by molar-refractivity contribution is -0.147. The van der Waals surface area contributed by atoms with Crippen LogP contribution in [0.1, 0.15) is 25.8 Å². The number of hydrogen-bond donors (Lipinski definition) is 1. The maximum Gasteiger partial charge on any atom is 0.401 e. The van der Waals surface area contributed by atoms with Gasteiger partial charge in [-0.15, -0.1) is 0 Å². The van der Waals surface area contributed by atoms with Crippen LogP contribution in [0, 0.1) is 0 Å². The minimum absolute atomic E-state index is 0.174. The lowest BCUT2D eigenvalue weighted by atomic mass is 10.1. The van der Waals surface area contributed by atoms with Crippen LogP contribution in [0.5, 0.6) is 5.75 Å². The molecule has 1 aromatic rings. The Morgan fingerprint density at radius 2 is 1.95 bits per heavy atom. The van der Waals surface area contributed by atoms with Crippen LogP contribution in [0.2, 0.25) is 0 Å². The average molecular weight is 290 g/mol. The fourth-order valence-electron chi connectivity index (χ4n) is 2.04. The number of anilines is 1. The topological polar surface area (TPSA) is 38.5 Å². The predicted octanol–water partition coefficient (Wildman–Crippen LogP) is 3.44. The zero-order valence-corrected chi connectivity index (χ0v) is 11.8. The predicted molar refractivity (Wildman–Crippen MR) is 73.6 cm³/mol. The molecule has 0 heterocycles. The van der Waals surface area contributed by atoms with Gasteiger partial charge in [-0.25, -0.2) is 0 Å². The summed E-state index contributed by atoms with van der Waals surface area (Å²) in [5.74, 6) is 0.588. The van der Waals surface area contributed by atoms with E-state index in [1.165, 1.54) is 4.90 Å². The number of nitrogens with zero attached hydrogens (tertiary/aromatic N) is 1. The molecule has 0 bridgehead atoms. The first kappa shape index (κ1) is 16.6. The Balaban J connectivity index is 2.88. The van der Waals surface area contributed by atoms with Crippen molar-refractivity contribution in [2.45, 2.75) is 33.0 Å². The van der Waals surface area contributed by atoms with E-state index in [0.717, 1.165) is 0 Å². The van der Waals surface area contributed by atoms with Crippen molar-refractivity contribution < 1.29 is 17.9 Å². The van der Waals surface area contributed by atoms with Gasteiger partial charge in [0.1, 0.15) is 5.75 Å². The van der Waals surface area contributed by atoms with Crippen molar-refractivity contribution in [1.82, 2.24) is 4.90 Å². The van der Waals surface area contributed by atoms with Crippen molar-refractivity contribution in [2.75, 3.05) is 25.4 Å². The van der Waals surface area contributed by atoms with E-state index < -0.39 is 12.7 Å². The second-order valence-corrected chi connectivity index (χ2v) is 4.63. The highest BCUT2D eigenvalue weighted by Crippen LogP contribution is 2.25. The van der Waals surface area contributed by atoms with Crippen molar-refractivity contribution in [3.8, 4) is 5.75 Å². The number of rotatable bonds is 7. The third kappa shape index (κ3) is 5.69. The van der Waals surface area contributed by atoms with Crippen LogP contribution in [-0.4, -0.2) is 30.8 Å². The number of halogens is 3. The molecule has 0 atom stereocenters. The molecule has 1 aromatic carbocycles. The molecule has 0 fully saturated rings. The summed E-state index contributed by atoms with van der Waals surface area (Å²) in [7, 11) is 0. The summed E-state index contributed by atoms with van der Waals surface area (Å²) in [6, 6.07) is 5.05. The summed E-state index contributed by atoms with van der Waals surface area (Å²) < 4.78 is 43.1. The molecular formula is C14H21F3N2O. The lowest BCUT2D eigenvalue weighted by Gasteiger charge is -2.24. The van der Waals surface area contributed by atoms with Gasteiger partial charge in [0, 0.05) is 17.8 Å². The van der Waals surface area contributed by atoms with Crippen LogP contribution in [0.15, 0.2) is 18.2 Å². The van der Waals surface area contributed by atoms with E-state index in [-0.39, 0.29) is 6.54 Å². The number of nitrogens with two attached hydrogens (primary N) is 1. The van der Waals surface area contributed by atoms with E-state index in [2.05, 4.69) is 0 Å². The quantitative estimate of drug-likeness (QED) is 0.782. The van der Waals surface area contributed by atoms with Crippen LogP contribution in [0.3, 0.4) is 0 Å². The molecular weight excluding hydrogens is 269 g/mol. The van der Waals surface area contributed by atoms with E-state index >= 15 is 0 Å². The van der Waals surface area contributed by atoms with Gasteiger partial charge in [0.2, 0.25) is 0 Å². The maximum absolute atomic E-state index is 12.6. The average Bonchev–Trinajstić information content (AvgIpc) is 2.31. The van der Waals surface area contributed by atoms with Gasteiger partial charge in [0.05, 0.1) is 13.2 Å². The molecule has 0 aliphatic rings. The fraction of sp³-hybridized carbons (Fsp3) is 0.571. The van der Waals surface area contributed by atoms with Gasteiger partial charge < -0.3 is 10.5 Å². The summed E-state index contributed by atoms with van der Waals surface area (Å²) in [5, 5.41) is 0. The Kier molecular flexibility index (Phi) is 6.13. The molecule has 0 amide bonds. The first-order valence-electron chi connectivity index (χ1n) is 6.66. The van der Waals surface area contributed by atoms with Gasteiger partial charge in [0.25, 0.3) is 0 Å². The SMILES string of the molecule is CCCN(Cc1cc(N)ccc1OCC)CC(F)(F)F. The summed E-state index contributed by atoms with van der Waals surface area (Å²) in [6.45, 7) is 3.77. The highest BCUT2D eigenvalue weighted by atomic mass is 19.4. The Bertz CT molecular complexity index is 421. The Morgan fingerprint density at radius 1 is 1.25 bits per heavy atom. The van der Waals surface area contributed by atoms with E-state index in [1.54, 1.807) is 18.2 Å². The van der Waals surface area contributed by atoms with E-state index in [4.69, 9.17) is 10.5 Å². The third-order valence-electron chi connectivity index (χ3n) is 2.72. The second-order valence-electron chi connectivity index (χ2n) is 4.63. The largest absolute Gasteiger partial charge is 0.494 e. The van der Waals surface area contributed by atoms with Crippen LogP contribution < -0.4 is 10.5 Å². The first-order valence-corrected chi connectivity index (χ1v) is 6.66. The number of ether oxygens (including phenoxy) is 1. The number of alkyl halides is 3. The molecule has 0 unspecified atom stereocenters. The molecule has 114 valence electrons. The van der Waals surface area contributed by atoms with Crippen molar-refractivity contribution in [3.63, 3.8) is 0 Å². The Labute approximate surface area is 117 Å². The first-order chi connectivity index (χ1) is 9.35. The van der Waals surface area contributed by atoms with E-state index in [1.807, 2.05) is 13.8 Å². The van der Waals surface area contributed by atoms with Gasteiger partial charge in [-0.2, -0.15) is 13.2 Å². The number of hydrogen-bond acceptors (Lipinski definition) is 3. The van der Waals surface area contributed by atoms with Gasteiger partial charge in [0.15, 0.2) is 0 Å². The van der Waals surface area contributed by atoms with Gasteiger partial charge in [-0.05, 0) is 38.1 Å².